The Morgan fingerprint density at radius 3 is 2.93 bits per heavy atom. The smallest absolute Gasteiger partial charge is 0.393 e. The molecular formula is C10H16N2O3. The van der Waals surface area contributed by atoms with E-state index in [4.69, 9.17) is 14.3 Å². The molecule has 0 aliphatic carbocycles. The predicted octanol–water partition coefficient (Wildman–Crippen LogP) is 0.641. The SMILES string of the molecule is OCc1coc(OCCN2CCCC2)n1. The molecule has 0 bridgehead atoms. The average Bonchev–Trinajstić information content (AvgIpc) is 2.88. The lowest BCUT2D eigenvalue weighted by Gasteiger charge is -2.13. The first kappa shape index (κ1) is 10.4. The van der Waals surface area contributed by atoms with Crippen LogP contribution in [0.5, 0.6) is 6.08 Å². The van der Waals surface area contributed by atoms with Crippen molar-refractivity contribution in [2.75, 3.05) is 26.2 Å². The molecule has 1 saturated heterocycles. The fourth-order valence-corrected chi connectivity index (χ4v) is 1.70. The van der Waals surface area contributed by atoms with Crippen molar-refractivity contribution in [1.82, 2.24) is 9.88 Å². The summed E-state index contributed by atoms with van der Waals surface area (Å²) in [6, 6.07) is 0. The normalized spacial score (nSPS) is 17.1. The van der Waals surface area contributed by atoms with E-state index in [1.165, 1.54) is 19.1 Å². The number of hydrogen-bond acceptors (Lipinski definition) is 5. The van der Waals surface area contributed by atoms with Crippen LogP contribution in [0.2, 0.25) is 0 Å². The fourth-order valence-electron chi connectivity index (χ4n) is 1.70. The minimum Gasteiger partial charge on any atom is -0.449 e. The van der Waals surface area contributed by atoms with Crippen molar-refractivity contribution in [3.05, 3.63) is 12.0 Å². The summed E-state index contributed by atoms with van der Waals surface area (Å²) in [6.45, 7) is 3.72. The Bertz CT molecular complexity index is 295. The molecule has 2 rings (SSSR count). The number of rotatable bonds is 5. The summed E-state index contributed by atoms with van der Waals surface area (Å²) < 4.78 is 10.3. The van der Waals surface area contributed by atoms with Gasteiger partial charge in [0.05, 0.1) is 6.61 Å². The molecule has 1 aliphatic rings. The number of aliphatic hydroxyl groups is 1. The highest BCUT2D eigenvalue weighted by atomic mass is 16.6. The Kier molecular flexibility index (Phi) is 3.58. The summed E-state index contributed by atoms with van der Waals surface area (Å²) in [5, 5.41) is 8.76. The molecule has 15 heavy (non-hydrogen) atoms. The summed E-state index contributed by atoms with van der Waals surface area (Å²) in [5.41, 5.74) is 0.506. The van der Waals surface area contributed by atoms with Gasteiger partial charge in [-0.3, -0.25) is 4.90 Å². The molecule has 2 heterocycles. The van der Waals surface area contributed by atoms with Gasteiger partial charge in [-0.05, 0) is 25.9 Å². The van der Waals surface area contributed by atoms with E-state index in [2.05, 4.69) is 9.88 Å². The molecule has 5 heteroatoms. The van der Waals surface area contributed by atoms with Gasteiger partial charge < -0.3 is 14.3 Å². The Morgan fingerprint density at radius 1 is 1.47 bits per heavy atom. The van der Waals surface area contributed by atoms with E-state index in [-0.39, 0.29) is 12.7 Å². The van der Waals surface area contributed by atoms with Crippen molar-refractivity contribution in [2.45, 2.75) is 19.4 Å². The molecule has 5 nitrogen and oxygen atoms in total. The molecule has 1 aromatic rings. The van der Waals surface area contributed by atoms with Crippen LogP contribution in [0.1, 0.15) is 18.5 Å². The van der Waals surface area contributed by atoms with Gasteiger partial charge in [0.1, 0.15) is 18.6 Å². The van der Waals surface area contributed by atoms with Gasteiger partial charge in [-0.25, -0.2) is 0 Å². The van der Waals surface area contributed by atoms with Gasteiger partial charge in [-0.2, -0.15) is 4.98 Å². The van der Waals surface area contributed by atoms with Gasteiger partial charge in [0.2, 0.25) is 0 Å². The summed E-state index contributed by atoms with van der Waals surface area (Å²) in [6.07, 6.45) is 4.23. The van der Waals surface area contributed by atoms with Gasteiger partial charge in [0.25, 0.3) is 0 Å². The number of aromatic nitrogens is 1. The molecule has 0 saturated carbocycles. The van der Waals surface area contributed by atoms with Crippen molar-refractivity contribution >= 4 is 0 Å². The van der Waals surface area contributed by atoms with Crippen LogP contribution in [0.4, 0.5) is 0 Å². The molecule has 0 aromatic carbocycles. The Balaban J connectivity index is 1.68. The maximum Gasteiger partial charge on any atom is 0.393 e. The second-order valence-electron chi connectivity index (χ2n) is 3.66. The van der Waals surface area contributed by atoms with Gasteiger partial charge >= 0.3 is 6.08 Å². The lowest BCUT2D eigenvalue weighted by atomic mass is 10.4. The largest absolute Gasteiger partial charge is 0.449 e. The van der Waals surface area contributed by atoms with E-state index in [0.717, 1.165) is 19.6 Å². The molecule has 0 radical (unpaired) electrons. The third-order valence-electron chi connectivity index (χ3n) is 2.52. The summed E-state index contributed by atoms with van der Waals surface area (Å²) >= 11 is 0. The molecule has 84 valence electrons. The minimum absolute atomic E-state index is 0.112. The average molecular weight is 212 g/mol. The first-order chi connectivity index (χ1) is 7.38. The Morgan fingerprint density at radius 2 is 2.27 bits per heavy atom. The number of likely N-dealkylation sites (tertiary alicyclic amines) is 1. The lowest BCUT2D eigenvalue weighted by Crippen LogP contribution is -2.25. The molecule has 0 spiro atoms. The molecule has 0 atom stereocenters. The van der Waals surface area contributed by atoms with E-state index in [1.54, 1.807) is 0 Å². The van der Waals surface area contributed by atoms with Crippen LogP contribution in [0.15, 0.2) is 10.7 Å². The van der Waals surface area contributed by atoms with E-state index >= 15 is 0 Å². The highest BCUT2D eigenvalue weighted by molar-refractivity contribution is 4.97. The van der Waals surface area contributed by atoms with Crippen LogP contribution in [0.3, 0.4) is 0 Å². The lowest BCUT2D eigenvalue weighted by molar-refractivity contribution is 0.191. The number of hydrogen-bond donors (Lipinski definition) is 1. The maximum atomic E-state index is 8.76. The highest BCUT2D eigenvalue weighted by Gasteiger charge is 2.11. The van der Waals surface area contributed by atoms with Crippen LogP contribution < -0.4 is 4.74 Å². The third kappa shape index (κ3) is 2.94. The highest BCUT2D eigenvalue weighted by Crippen LogP contribution is 2.11. The zero-order valence-corrected chi connectivity index (χ0v) is 8.69. The molecular weight excluding hydrogens is 196 g/mol. The van der Waals surface area contributed by atoms with E-state index in [0.29, 0.717) is 12.3 Å². The standard InChI is InChI=1S/C10H16N2O3/c13-7-9-8-15-10(11-9)14-6-5-12-3-1-2-4-12/h8,13H,1-7H2. The monoisotopic (exact) mass is 212 g/mol. The van der Waals surface area contributed by atoms with Crippen molar-refractivity contribution in [1.29, 1.82) is 0 Å². The van der Waals surface area contributed by atoms with Gasteiger partial charge in [0, 0.05) is 6.54 Å². The van der Waals surface area contributed by atoms with Gasteiger partial charge in [0.15, 0.2) is 0 Å². The number of nitrogens with zero attached hydrogens (tertiary/aromatic N) is 2. The van der Waals surface area contributed by atoms with Crippen LogP contribution in [0, 0.1) is 0 Å². The Hall–Kier alpha value is -1.07. The van der Waals surface area contributed by atoms with Gasteiger partial charge in [-0.1, -0.05) is 0 Å². The quantitative estimate of drug-likeness (QED) is 0.776. The summed E-state index contributed by atoms with van der Waals surface area (Å²) in [5.74, 6) is 0. The Labute approximate surface area is 88.7 Å². The van der Waals surface area contributed by atoms with Crippen LogP contribution in [-0.4, -0.2) is 41.2 Å². The maximum absolute atomic E-state index is 8.76. The molecule has 1 aliphatic heterocycles. The van der Waals surface area contributed by atoms with Crippen molar-refractivity contribution in [3.8, 4) is 6.08 Å². The fraction of sp³-hybridized carbons (Fsp3) is 0.700. The zero-order valence-electron chi connectivity index (χ0n) is 8.69. The molecule has 0 unspecified atom stereocenters. The second kappa shape index (κ2) is 5.14. The molecule has 0 amide bonds. The minimum atomic E-state index is -0.112. The van der Waals surface area contributed by atoms with Crippen molar-refractivity contribution in [2.24, 2.45) is 0 Å². The molecule has 1 N–H and O–H groups in total. The third-order valence-corrected chi connectivity index (χ3v) is 2.52. The predicted molar refractivity (Wildman–Crippen MR) is 53.6 cm³/mol. The second-order valence-corrected chi connectivity index (χ2v) is 3.66. The first-order valence-corrected chi connectivity index (χ1v) is 5.29. The van der Waals surface area contributed by atoms with Crippen molar-refractivity contribution < 1.29 is 14.3 Å². The topological polar surface area (TPSA) is 58.7 Å². The zero-order chi connectivity index (χ0) is 10.5. The van der Waals surface area contributed by atoms with Crippen molar-refractivity contribution in [3.63, 3.8) is 0 Å². The van der Waals surface area contributed by atoms with E-state index in [9.17, 15) is 0 Å². The van der Waals surface area contributed by atoms with E-state index < -0.39 is 0 Å². The van der Waals surface area contributed by atoms with Crippen LogP contribution in [0.25, 0.3) is 0 Å². The number of ether oxygens (including phenoxy) is 1. The number of oxazole rings is 1. The summed E-state index contributed by atoms with van der Waals surface area (Å²) in [7, 11) is 0. The van der Waals surface area contributed by atoms with Crippen LogP contribution >= 0.6 is 0 Å². The first-order valence-electron chi connectivity index (χ1n) is 5.29. The van der Waals surface area contributed by atoms with E-state index in [1.807, 2.05) is 0 Å². The molecule has 1 fully saturated rings. The van der Waals surface area contributed by atoms with Crippen LogP contribution in [-0.2, 0) is 6.61 Å². The molecule has 1 aromatic heterocycles. The van der Waals surface area contributed by atoms with Gasteiger partial charge in [-0.15, -0.1) is 0 Å². The number of aliphatic hydroxyl groups excluding tert-OH is 1. The summed E-state index contributed by atoms with van der Waals surface area (Å²) in [4.78, 5) is 6.29.